The van der Waals surface area contributed by atoms with Crippen molar-refractivity contribution < 1.29 is 17.9 Å². The highest BCUT2D eigenvalue weighted by Crippen LogP contribution is 2.25. The summed E-state index contributed by atoms with van der Waals surface area (Å²) in [7, 11) is -2.06. The minimum Gasteiger partial charge on any atom is -0.497 e. The molecule has 34 heavy (non-hydrogen) atoms. The van der Waals surface area contributed by atoms with Gasteiger partial charge < -0.3 is 14.2 Å². The van der Waals surface area contributed by atoms with Gasteiger partial charge >= 0.3 is 0 Å². The number of hydrogen-bond donors (Lipinski definition) is 0. The first kappa shape index (κ1) is 23.5. The molecule has 0 spiro atoms. The number of piperazine rings is 1. The van der Waals surface area contributed by atoms with Crippen molar-refractivity contribution in [3.8, 4) is 17.5 Å². The van der Waals surface area contributed by atoms with Gasteiger partial charge in [0, 0.05) is 43.3 Å². The predicted molar refractivity (Wildman–Crippen MR) is 128 cm³/mol. The van der Waals surface area contributed by atoms with Crippen LogP contribution < -0.4 is 4.74 Å². The van der Waals surface area contributed by atoms with Crippen molar-refractivity contribution in [3.05, 3.63) is 77.1 Å². The molecule has 0 aliphatic carbocycles. The Labute approximate surface area is 199 Å². The van der Waals surface area contributed by atoms with Crippen LogP contribution >= 0.6 is 0 Å². The number of benzene rings is 2. The van der Waals surface area contributed by atoms with E-state index >= 15 is 0 Å². The van der Waals surface area contributed by atoms with Gasteiger partial charge in [-0.05, 0) is 68.4 Å². The number of methoxy groups -OCH3 is 1. The van der Waals surface area contributed by atoms with E-state index in [0.717, 1.165) is 22.8 Å². The molecule has 0 N–H and O–H groups in total. The molecule has 0 atom stereocenters. The first-order valence-corrected chi connectivity index (χ1v) is 12.3. The molecule has 176 valence electrons. The zero-order valence-electron chi connectivity index (χ0n) is 19.4. The summed E-state index contributed by atoms with van der Waals surface area (Å²) >= 11 is 0. The second-order valence-electron chi connectivity index (χ2n) is 8.15. The second-order valence-corrected chi connectivity index (χ2v) is 10.1. The topological polar surface area (TPSA) is 95.6 Å². The number of carbonyl (C=O) groups is 1. The molecule has 8 nitrogen and oxygen atoms in total. The summed E-state index contributed by atoms with van der Waals surface area (Å²) in [6.45, 7) is 4.91. The molecule has 3 aromatic rings. The fourth-order valence-electron chi connectivity index (χ4n) is 4.26. The van der Waals surface area contributed by atoms with Gasteiger partial charge in [0.05, 0.1) is 29.2 Å². The molecular weight excluding hydrogens is 452 g/mol. The number of nitriles is 1. The van der Waals surface area contributed by atoms with E-state index in [0.29, 0.717) is 24.2 Å². The third-order valence-electron chi connectivity index (χ3n) is 6.14. The number of aromatic nitrogens is 1. The van der Waals surface area contributed by atoms with Crippen LogP contribution in [0.15, 0.2) is 59.5 Å². The largest absolute Gasteiger partial charge is 0.497 e. The summed E-state index contributed by atoms with van der Waals surface area (Å²) in [6, 6.07) is 17.4. The summed E-state index contributed by atoms with van der Waals surface area (Å²) in [5, 5.41) is 8.93. The lowest BCUT2D eigenvalue weighted by Gasteiger charge is -2.34. The quantitative estimate of drug-likeness (QED) is 0.562. The summed E-state index contributed by atoms with van der Waals surface area (Å²) < 4.78 is 34.6. The molecule has 9 heteroatoms. The van der Waals surface area contributed by atoms with Crippen LogP contribution in [0.4, 0.5) is 0 Å². The maximum Gasteiger partial charge on any atom is 0.255 e. The van der Waals surface area contributed by atoms with Crippen LogP contribution in [-0.2, 0) is 10.0 Å². The summed E-state index contributed by atoms with van der Waals surface area (Å²) in [5.74, 6) is 0.652. The Morgan fingerprint density at radius 1 is 0.971 bits per heavy atom. The van der Waals surface area contributed by atoms with E-state index in [1.165, 1.54) is 28.6 Å². The molecule has 0 unspecified atom stereocenters. The number of amides is 1. The molecule has 0 bridgehead atoms. The van der Waals surface area contributed by atoms with Gasteiger partial charge in [-0.2, -0.15) is 9.57 Å². The Hall–Kier alpha value is -3.61. The third kappa shape index (κ3) is 4.30. The highest BCUT2D eigenvalue weighted by Gasteiger charge is 2.31. The minimum atomic E-state index is -3.68. The van der Waals surface area contributed by atoms with Crippen molar-refractivity contribution in [1.29, 1.82) is 5.26 Å². The van der Waals surface area contributed by atoms with E-state index in [2.05, 4.69) is 0 Å². The molecule has 1 aromatic heterocycles. The zero-order valence-corrected chi connectivity index (χ0v) is 20.2. The Morgan fingerprint density at radius 2 is 1.59 bits per heavy atom. The molecule has 4 rings (SSSR count). The van der Waals surface area contributed by atoms with Crippen molar-refractivity contribution in [1.82, 2.24) is 13.8 Å². The number of ether oxygens (including phenoxy) is 1. The van der Waals surface area contributed by atoms with Gasteiger partial charge in [0.2, 0.25) is 10.0 Å². The second kappa shape index (κ2) is 9.33. The van der Waals surface area contributed by atoms with E-state index in [1.54, 1.807) is 12.0 Å². The maximum absolute atomic E-state index is 13.3. The van der Waals surface area contributed by atoms with E-state index in [1.807, 2.05) is 54.8 Å². The molecular formula is C25H26N4O4S. The monoisotopic (exact) mass is 478 g/mol. The molecule has 1 aliphatic heterocycles. The van der Waals surface area contributed by atoms with Crippen molar-refractivity contribution >= 4 is 15.9 Å². The Kier molecular flexibility index (Phi) is 6.46. The average Bonchev–Trinajstić information content (AvgIpc) is 3.17. The van der Waals surface area contributed by atoms with Crippen molar-refractivity contribution in [3.63, 3.8) is 0 Å². The lowest BCUT2D eigenvalue weighted by atomic mass is 10.2. The van der Waals surface area contributed by atoms with Crippen LogP contribution in [0.5, 0.6) is 5.75 Å². The lowest BCUT2D eigenvalue weighted by Crippen LogP contribution is -2.50. The minimum absolute atomic E-state index is 0.108. The summed E-state index contributed by atoms with van der Waals surface area (Å²) in [6.07, 6.45) is 0. The molecule has 2 heterocycles. The van der Waals surface area contributed by atoms with Gasteiger partial charge in [-0.3, -0.25) is 4.79 Å². The molecule has 0 radical (unpaired) electrons. The van der Waals surface area contributed by atoms with Crippen molar-refractivity contribution in [2.75, 3.05) is 33.3 Å². The zero-order chi connectivity index (χ0) is 24.5. The van der Waals surface area contributed by atoms with E-state index in [-0.39, 0.29) is 23.9 Å². The number of nitrogens with zero attached hydrogens (tertiary/aromatic N) is 4. The van der Waals surface area contributed by atoms with Gasteiger partial charge in [0.15, 0.2) is 0 Å². The normalized spacial score (nSPS) is 14.6. The van der Waals surface area contributed by atoms with Crippen LogP contribution in [0, 0.1) is 25.2 Å². The molecule has 1 fully saturated rings. The summed E-state index contributed by atoms with van der Waals surface area (Å²) in [5.41, 5.74) is 3.72. The van der Waals surface area contributed by atoms with E-state index in [9.17, 15) is 13.2 Å². The van der Waals surface area contributed by atoms with E-state index < -0.39 is 10.0 Å². The fraction of sp³-hybridized carbons (Fsp3) is 0.280. The summed E-state index contributed by atoms with van der Waals surface area (Å²) in [4.78, 5) is 15.2. The fourth-order valence-corrected chi connectivity index (χ4v) is 5.68. The predicted octanol–water partition coefficient (Wildman–Crippen LogP) is 3.12. The number of carbonyl (C=O) groups excluding carboxylic acids is 1. The number of sulfonamides is 1. The first-order valence-electron chi connectivity index (χ1n) is 10.9. The highest BCUT2D eigenvalue weighted by molar-refractivity contribution is 7.89. The van der Waals surface area contributed by atoms with Crippen LogP contribution in [0.1, 0.15) is 27.3 Å². The first-order chi connectivity index (χ1) is 16.3. The van der Waals surface area contributed by atoms with Crippen molar-refractivity contribution in [2.24, 2.45) is 0 Å². The Morgan fingerprint density at radius 3 is 2.15 bits per heavy atom. The van der Waals surface area contributed by atoms with E-state index in [4.69, 9.17) is 10.00 Å². The van der Waals surface area contributed by atoms with Crippen molar-refractivity contribution in [2.45, 2.75) is 18.7 Å². The molecule has 1 saturated heterocycles. The molecule has 1 aliphatic rings. The Bertz CT molecular complexity index is 1350. The molecule has 1 amide bonds. The Balaban J connectivity index is 1.49. The van der Waals surface area contributed by atoms with Gasteiger partial charge in [0.25, 0.3) is 5.91 Å². The van der Waals surface area contributed by atoms with Crippen LogP contribution in [-0.4, -0.2) is 61.4 Å². The van der Waals surface area contributed by atoms with Crippen LogP contribution in [0.25, 0.3) is 5.69 Å². The van der Waals surface area contributed by atoms with Crippen LogP contribution in [0.3, 0.4) is 0 Å². The van der Waals surface area contributed by atoms with Crippen LogP contribution in [0.2, 0.25) is 0 Å². The lowest BCUT2D eigenvalue weighted by molar-refractivity contribution is 0.0697. The van der Waals surface area contributed by atoms with Gasteiger partial charge in [0.1, 0.15) is 5.75 Å². The smallest absolute Gasteiger partial charge is 0.255 e. The molecule has 0 saturated carbocycles. The van der Waals surface area contributed by atoms with Gasteiger partial charge in [-0.15, -0.1) is 0 Å². The van der Waals surface area contributed by atoms with Gasteiger partial charge in [-0.25, -0.2) is 8.42 Å². The average molecular weight is 479 g/mol. The number of hydrogen-bond acceptors (Lipinski definition) is 5. The van der Waals surface area contributed by atoms with Gasteiger partial charge in [-0.1, -0.05) is 0 Å². The maximum atomic E-state index is 13.3. The number of aryl methyl sites for hydroxylation is 1. The highest BCUT2D eigenvalue weighted by atomic mass is 32.2. The SMILES string of the molecule is COc1ccc(-n2c(C)cc(C(=O)N3CCN(S(=O)(=O)c4ccc(C#N)cc4)CC3)c2C)cc1. The number of rotatable bonds is 5. The standard InChI is InChI=1S/C25H26N4O4S/c1-18-16-24(19(2)29(18)21-6-8-22(33-3)9-7-21)25(30)27-12-14-28(15-13-27)34(31,32)23-10-4-20(17-26)5-11-23/h4-11,16H,12-15H2,1-3H3. The third-order valence-corrected chi connectivity index (χ3v) is 8.05. The molecule has 2 aromatic carbocycles.